The molecule has 5 rings (SSSR count). The number of benzene rings is 2. The first-order chi connectivity index (χ1) is 20.0. The van der Waals surface area contributed by atoms with Gasteiger partial charge in [0.1, 0.15) is 29.5 Å². The maximum Gasteiger partial charge on any atom is 0.253 e. The summed E-state index contributed by atoms with van der Waals surface area (Å²) in [7, 11) is 0. The second kappa shape index (κ2) is 14.2. The number of nitrogens with zero attached hydrogens (tertiary/aromatic N) is 1. The number of carbonyl (C=O) groups is 2. The van der Waals surface area contributed by atoms with Gasteiger partial charge in [-0.3, -0.25) is 9.59 Å². The van der Waals surface area contributed by atoms with E-state index in [4.69, 9.17) is 9.47 Å². The van der Waals surface area contributed by atoms with E-state index in [-0.39, 0.29) is 24.0 Å². The fourth-order valence-electron chi connectivity index (χ4n) is 6.25. The van der Waals surface area contributed by atoms with Crippen LogP contribution in [0.5, 0.6) is 11.5 Å². The second-order valence-corrected chi connectivity index (χ2v) is 11.8. The van der Waals surface area contributed by atoms with Gasteiger partial charge in [0, 0.05) is 62.3 Å². The number of carbonyl (C=O) groups excluding carboxylic acids is 2. The van der Waals surface area contributed by atoms with Gasteiger partial charge in [0.2, 0.25) is 5.91 Å². The highest BCUT2D eigenvalue weighted by Crippen LogP contribution is 2.39. The zero-order valence-electron chi connectivity index (χ0n) is 24.3. The number of anilines is 1. The van der Waals surface area contributed by atoms with Crippen LogP contribution in [0.2, 0.25) is 0 Å². The van der Waals surface area contributed by atoms with Gasteiger partial charge in [-0.05, 0) is 68.0 Å². The summed E-state index contributed by atoms with van der Waals surface area (Å²) in [5, 5.41) is 6.13. The van der Waals surface area contributed by atoms with E-state index in [1.165, 1.54) is 37.0 Å². The van der Waals surface area contributed by atoms with E-state index in [1.54, 1.807) is 6.07 Å². The van der Waals surface area contributed by atoms with E-state index in [0.29, 0.717) is 49.7 Å². The van der Waals surface area contributed by atoms with Crippen molar-refractivity contribution in [3.05, 3.63) is 53.3 Å². The van der Waals surface area contributed by atoms with Crippen molar-refractivity contribution in [3.8, 4) is 11.5 Å². The van der Waals surface area contributed by atoms with Crippen molar-refractivity contribution in [1.29, 1.82) is 0 Å². The largest absolute Gasteiger partial charge is 0.490 e. The topological polar surface area (TPSA) is 79.9 Å². The molecule has 3 aliphatic rings. The molecule has 41 heavy (non-hydrogen) atoms. The van der Waals surface area contributed by atoms with Crippen LogP contribution in [0.1, 0.15) is 99.4 Å². The molecule has 0 bridgehead atoms. The Bertz CT molecular complexity index is 1180. The number of ether oxygens (including phenoxy) is 2. The van der Waals surface area contributed by atoms with E-state index >= 15 is 0 Å². The number of piperidine rings is 1. The predicted molar refractivity (Wildman–Crippen MR) is 158 cm³/mol. The molecule has 1 atom stereocenters. The number of rotatable bonds is 10. The fourth-order valence-corrected chi connectivity index (χ4v) is 6.25. The maximum atomic E-state index is 14.3. The number of likely N-dealkylation sites (tertiary alicyclic amines) is 1. The standard InChI is InChI=1S/C33H44FN3O4/c1-2-3-9-32(38)36-26-19-25(34)20-29(21-26)40-27-13-16-37(17-14-27)33(39)24-10-11-31(41-28-12-15-35-22-28)30(18-24)23-7-5-4-6-8-23/h10-11,18-21,23,27-28,35H,2-9,12-17,22H2,1H3,(H,36,38)/t28-/m0/s1. The maximum absolute atomic E-state index is 14.3. The summed E-state index contributed by atoms with van der Waals surface area (Å²) < 4.78 is 26.8. The molecule has 2 N–H and O–H groups in total. The molecule has 7 nitrogen and oxygen atoms in total. The summed E-state index contributed by atoms with van der Waals surface area (Å²) >= 11 is 0. The average molecular weight is 566 g/mol. The molecule has 2 aliphatic heterocycles. The molecule has 0 aromatic heterocycles. The lowest BCUT2D eigenvalue weighted by Crippen LogP contribution is -2.41. The van der Waals surface area contributed by atoms with Crippen molar-refractivity contribution >= 4 is 17.5 Å². The van der Waals surface area contributed by atoms with Gasteiger partial charge in [-0.25, -0.2) is 4.39 Å². The summed E-state index contributed by atoms with van der Waals surface area (Å²) in [5.74, 6) is 1.23. The molecule has 3 fully saturated rings. The van der Waals surface area contributed by atoms with Crippen LogP contribution < -0.4 is 20.1 Å². The zero-order valence-corrected chi connectivity index (χ0v) is 24.3. The Morgan fingerprint density at radius 2 is 1.78 bits per heavy atom. The van der Waals surface area contributed by atoms with Crippen LogP contribution in [-0.4, -0.2) is 55.1 Å². The van der Waals surface area contributed by atoms with E-state index < -0.39 is 5.82 Å². The first-order valence-electron chi connectivity index (χ1n) is 15.6. The SMILES string of the molecule is CCCCC(=O)Nc1cc(F)cc(OC2CCN(C(=O)c3ccc(O[C@H]4CCNC4)c(C4CCCCC4)c3)CC2)c1. The molecule has 0 radical (unpaired) electrons. The van der Waals surface area contributed by atoms with Crippen molar-refractivity contribution < 1.29 is 23.5 Å². The minimum Gasteiger partial charge on any atom is -0.490 e. The minimum atomic E-state index is -0.453. The van der Waals surface area contributed by atoms with Crippen LogP contribution in [-0.2, 0) is 4.79 Å². The Morgan fingerprint density at radius 1 is 0.976 bits per heavy atom. The van der Waals surface area contributed by atoms with Crippen LogP contribution in [0.15, 0.2) is 36.4 Å². The highest BCUT2D eigenvalue weighted by molar-refractivity contribution is 5.94. The van der Waals surface area contributed by atoms with Crippen LogP contribution in [0.3, 0.4) is 0 Å². The molecule has 2 heterocycles. The number of unbranched alkanes of at least 4 members (excludes halogenated alkanes) is 1. The van der Waals surface area contributed by atoms with Crippen molar-refractivity contribution in [3.63, 3.8) is 0 Å². The average Bonchev–Trinajstić information content (AvgIpc) is 3.50. The summed E-state index contributed by atoms with van der Waals surface area (Å²) in [6.45, 7) is 5.02. The smallest absolute Gasteiger partial charge is 0.253 e. The second-order valence-electron chi connectivity index (χ2n) is 11.8. The van der Waals surface area contributed by atoms with Crippen LogP contribution >= 0.6 is 0 Å². The molecule has 1 aliphatic carbocycles. The van der Waals surface area contributed by atoms with Gasteiger partial charge in [-0.15, -0.1) is 0 Å². The van der Waals surface area contributed by atoms with E-state index in [9.17, 15) is 14.0 Å². The lowest BCUT2D eigenvalue weighted by atomic mass is 9.83. The van der Waals surface area contributed by atoms with Gasteiger partial charge in [-0.2, -0.15) is 0 Å². The molecule has 222 valence electrons. The molecule has 2 amide bonds. The quantitative estimate of drug-likeness (QED) is 0.347. The van der Waals surface area contributed by atoms with Gasteiger partial charge in [-0.1, -0.05) is 32.6 Å². The highest BCUT2D eigenvalue weighted by Gasteiger charge is 2.28. The van der Waals surface area contributed by atoms with Crippen molar-refractivity contribution in [2.24, 2.45) is 0 Å². The first-order valence-corrected chi connectivity index (χ1v) is 15.6. The third-order valence-electron chi connectivity index (χ3n) is 8.55. The van der Waals surface area contributed by atoms with Gasteiger partial charge < -0.3 is 25.0 Å². The molecule has 8 heteroatoms. The number of hydrogen-bond acceptors (Lipinski definition) is 5. The molecule has 2 aromatic rings. The molecule has 2 saturated heterocycles. The molecule has 1 saturated carbocycles. The Balaban J connectivity index is 1.20. The fraction of sp³-hybridized carbons (Fsp3) is 0.576. The summed E-state index contributed by atoms with van der Waals surface area (Å²) in [6, 6.07) is 10.3. The highest BCUT2D eigenvalue weighted by atomic mass is 19.1. The Morgan fingerprint density at radius 3 is 2.51 bits per heavy atom. The number of halogens is 1. The normalized spacial score (nSPS) is 20.1. The van der Waals surface area contributed by atoms with Gasteiger partial charge in [0.15, 0.2) is 0 Å². The van der Waals surface area contributed by atoms with Gasteiger partial charge >= 0.3 is 0 Å². The van der Waals surface area contributed by atoms with Crippen molar-refractivity contribution in [2.75, 3.05) is 31.5 Å². The molecular formula is C33H44FN3O4. The molecule has 0 spiro atoms. The monoisotopic (exact) mass is 565 g/mol. The van der Waals surface area contributed by atoms with Crippen LogP contribution in [0.25, 0.3) is 0 Å². The van der Waals surface area contributed by atoms with Gasteiger partial charge in [0.25, 0.3) is 5.91 Å². The van der Waals surface area contributed by atoms with E-state index in [0.717, 1.165) is 56.5 Å². The summed E-state index contributed by atoms with van der Waals surface area (Å²) in [5.41, 5.74) is 2.30. The summed E-state index contributed by atoms with van der Waals surface area (Å²) in [6.07, 6.45) is 10.5. The zero-order chi connectivity index (χ0) is 28.6. The molecule has 2 aromatic carbocycles. The van der Waals surface area contributed by atoms with E-state index in [1.807, 2.05) is 24.0 Å². The number of amides is 2. The lowest BCUT2D eigenvalue weighted by molar-refractivity contribution is -0.116. The van der Waals surface area contributed by atoms with E-state index in [2.05, 4.69) is 16.7 Å². The van der Waals surface area contributed by atoms with Crippen molar-refractivity contribution in [2.45, 2.75) is 95.7 Å². The third kappa shape index (κ3) is 8.00. The van der Waals surface area contributed by atoms with Crippen molar-refractivity contribution in [1.82, 2.24) is 10.2 Å². The Kier molecular flexibility index (Phi) is 10.1. The molecule has 0 unspecified atom stereocenters. The molecular weight excluding hydrogens is 521 g/mol. The Labute approximate surface area is 243 Å². The van der Waals surface area contributed by atoms with Crippen LogP contribution in [0.4, 0.5) is 10.1 Å². The minimum absolute atomic E-state index is 0.0393. The number of hydrogen-bond donors (Lipinski definition) is 2. The summed E-state index contributed by atoms with van der Waals surface area (Å²) in [4.78, 5) is 27.5. The Hall–Kier alpha value is -3.13. The van der Waals surface area contributed by atoms with Gasteiger partial charge in [0.05, 0.1) is 0 Å². The predicted octanol–water partition coefficient (Wildman–Crippen LogP) is 6.43. The number of nitrogens with one attached hydrogen (secondary N) is 2. The first kappa shape index (κ1) is 29.4. The lowest BCUT2D eigenvalue weighted by Gasteiger charge is -2.33. The van der Waals surface area contributed by atoms with Crippen LogP contribution in [0, 0.1) is 5.82 Å². The third-order valence-corrected chi connectivity index (χ3v) is 8.55.